The van der Waals surface area contributed by atoms with Crippen molar-refractivity contribution in [3.63, 3.8) is 0 Å². The molecule has 1 N–H and O–H groups in total. The minimum atomic E-state index is -1.04. The van der Waals surface area contributed by atoms with Crippen LogP contribution in [0.15, 0.2) is 66.2 Å². The van der Waals surface area contributed by atoms with Crippen LogP contribution in [0, 0.1) is 25.5 Å². The molecule has 170 valence electrons. The Kier molecular flexibility index (Phi) is 5.25. The summed E-state index contributed by atoms with van der Waals surface area (Å²) in [5.74, 6) is -3.00. The van der Waals surface area contributed by atoms with Gasteiger partial charge in [0.25, 0.3) is 5.78 Å². The summed E-state index contributed by atoms with van der Waals surface area (Å²) in [6, 6.07) is 13.8. The van der Waals surface area contributed by atoms with E-state index in [9.17, 15) is 23.5 Å². The van der Waals surface area contributed by atoms with Gasteiger partial charge in [-0.1, -0.05) is 41.2 Å². The maximum absolute atomic E-state index is 13.7. The first kappa shape index (κ1) is 21.9. The lowest BCUT2D eigenvalue weighted by molar-refractivity contribution is -0.132. The Morgan fingerprint density at radius 3 is 2.41 bits per heavy atom. The molecule has 1 saturated heterocycles. The molecule has 1 unspecified atom stereocenters. The number of amides is 1. The molecule has 1 aromatic heterocycles. The highest BCUT2D eigenvalue weighted by Crippen LogP contribution is 2.44. The second-order valence-electron chi connectivity index (χ2n) is 8.15. The number of aryl methyl sites for hydroxylation is 2. The third kappa shape index (κ3) is 3.56. The molecule has 0 aliphatic carbocycles. The minimum absolute atomic E-state index is 0.115. The van der Waals surface area contributed by atoms with Crippen molar-refractivity contribution in [2.45, 2.75) is 19.9 Å². The van der Waals surface area contributed by atoms with Crippen molar-refractivity contribution < 1.29 is 23.5 Å². The Morgan fingerprint density at radius 2 is 1.68 bits per heavy atom. The highest BCUT2D eigenvalue weighted by molar-refractivity contribution is 7.22. The molecule has 1 amide bonds. The summed E-state index contributed by atoms with van der Waals surface area (Å²) in [7, 11) is 0. The molecule has 1 aliphatic heterocycles. The molecule has 0 radical (unpaired) electrons. The number of aliphatic hydroxyl groups excluding tert-OH is 1. The summed E-state index contributed by atoms with van der Waals surface area (Å²) >= 11 is 1.05. The normalized spacial score (nSPS) is 17.6. The largest absolute Gasteiger partial charge is 0.507 e. The van der Waals surface area contributed by atoms with E-state index >= 15 is 0 Å². The van der Waals surface area contributed by atoms with Gasteiger partial charge in [-0.05, 0) is 61.4 Å². The van der Waals surface area contributed by atoms with E-state index in [1.807, 2.05) is 19.1 Å². The number of anilines is 1. The number of thiazole rings is 1. The Bertz CT molecular complexity index is 1510. The van der Waals surface area contributed by atoms with Crippen LogP contribution in [0.5, 0.6) is 0 Å². The fourth-order valence-corrected chi connectivity index (χ4v) is 5.13. The second-order valence-corrected chi connectivity index (χ2v) is 9.16. The van der Waals surface area contributed by atoms with E-state index in [2.05, 4.69) is 4.98 Å². The molecule has 1 aliphatic rings. The van der Waals surface area contributed by atoms with E-state index in [1.165, 1.54) is 47.4 Å². The summed E-state index contributed by atoms with van der Waals surface area (Å²) in [5.41, 5.74) is 2.80. The number of aromatic nitrogens is 1. The molecular weight excluding hydrogens is 458 g/mol. The van der Waals surface area contributed by atoms with Gasteiger partial charge in [0.1, 0.15) is 17.4 Å². The summed E-state index contributed by atoms with van der Waals surface area (Å²) < 4.78 is 27.9. The average molecular weight is 477 g/mol. The Balaban J connectivity index is 1.76. The van der Waals surface area contributed by atoms with E-state index in [0.29, 0.717) is 21.3 Å². The molecule has 0 spiro atoms. The standard InChI is InChI=1S/C26H18F2N2O3S/c1-13-3-4-14(2)18(11-13)23(31)21-22(15-5-7-16(27)8-6-15)30(25(33)24(21)32)26-29-19-10-9-17(28)12-20(19)34-26/h3-12,22,31H,1-2H3. The molecule has 0 bridgehead atoms. The van der Waals surface area contributed by atoms with E-state index in [4.69, 9.17) is 0 Å². The smallest absolute Gasteiger partial charge is 0.301 e. The Morgan fingerprint density at radius 1 is 0.971 bits per heavy atom. The van der Waals surface area contributed by atoms with Crippen LogP contribution >= 0.6 is 11.3 Å². The SMILES string of the molecule is Cc1ccc(C)c(C(O)=C2C(=O)C(=O)N(c3nc4ccc(F)cc4s3)C2c2ccc(F)cc2)c1. The average Bonchev–Trinajstić information content (AvgIpc) is 3.33. The predicted octanol–water partition coefficient (Wildman–Crippen LogP) is 5.82. The lowest BCUT2D eigenvalue weighted by Crippen LogP contribution is -2.29. The first-order chi connectivity index (χ1) is 16.2. The maximum Gasteiger partial charge on any atom is 0.301 e. The number of nitrogens with zero attached hydrogens (tertiary/aromatic N) is 2. The van der Waals surface area contributed by atoms with Gasteiger partial charge in [-0.2, -0.15) is 0 Å². The number of benzene rings is 3. The zero-order valence-corrected chi connectivity index (χ0v) is 19.0. The van der Waals surface area contributed by atoms with E-state index in [0.717, 1.165) is 22.5 Å². The lowest BCUT2D eigenvalue weighted by atomic mass is 9.93. The van der Waals surface area contributed by atoms with Gasteiger partial charge in [-0.15, -0.1) is 0 Å². The van der Waals surface area contributed by atoms with Gasteiger partial charge < -0.3 is 5.11 Å². The first-order valence-corrected chi connectivity index (χ1v) is 11.3. The minimum Gasteiger partial charge on any atom is -0.507 e. The van der Waals surface area contributed by atoms with Crippen LogP contribution in [-0.4, -0.2) is 21.8 Å². The summed E-state index contributed by atoms with van der Waals surface area (Å²) in [4.78, 5) is 32.1. The summed E-state index contributed by atoms with van der Waals surface area (Å²) in [6.45, 7) is 3.64. The Hall–Kier alpha value is -3.91. The van der Waals surface area contributed by atoms with Gasteiger partial charge in [0.15, 0.2) is 5.13 Å². The van der Waals surface area contributed by atoms with Gasteiger partial charge in [-0.3, -0.25) is 14.5 Å². The van der Waals surface area contributed by atoms with Crippen LogP contribution in [0.25, 0.3) is 16.0 Å². The molecule has 3 aromatic carbocycles. The number of aliphatic hydroxyl groups is 1. The molecular formula is C26H18F2N2O3S. The zero-order chi connectivity index (χ0) is 24.1. The first-order valence-electron chi connectivity index (χ1n) is 10.4. The fraction of sp³-hybridized carbons (Fsp3) is 0.115. The third-order valence-electron chi connectivity index (χ3n) is 5.82. The van der Waals surface area contributed by atoms with Crippen molar-refractivity contribution in [3.05, 3.63) is 100 Å². The van der Waals surface area contributed by atoms with Crippen molar-refractivity contribution in [2.75, 3.05) is 4.90 Å². The van der Waals surface area contributed by atoms with Crippen molar-refractivity contribution in [1.29, 1.82) is 0 Å². The van der Waals surface area contributed by atoms with Gasteiger partial charge in [-0.25, -0.2) is 13.8 Å². The van der Waals surface area contributed by atoms with Crippen LogP contribution in [0.2, 0.25) is 0 Å². The quantitative estimate of drug-likeness (QED) is 0.230. The van der Waals surface area contributed by atoms with Crippen molar-refractivity contribution in [1.82, 2.24) is 4.98 Å². The summed E-state index contributed by atoms with van der Waals surface area (Å²) in [5, 5.41) is 11.5. The lowest BCUT2D eigenvalue weighted by Gasteiger charge is -2.23. The number of carbonyl (C=O) groups is 2. The molecule has 1 atom stereocenters. The molecule has 0 saturated carbocycles. The van der Waals surface area contributed by atoms with Crippen LogP contribution in [0.4, 0.5) is 13.9 Å². The number of carbonyl (C=O) groups excluding carboxylic acids is 2. The van der Waals surface area contributed by atoms with Crippen LogP contribution in [0.3, 0.4) is 0 Å². The number of ketones is 1. The molecule has 1 fully saturated rings. The Labute approximate surface area is 197 Å². The fourth-order valence-electron chi connectivity index (χ4n) is 4.12. The number of hydrogen-bond donors (Lipinski definition) is 1. The van der Waals surface area contributed by atoms with E-state index in [1.54, 1.807) is 13.0 Å². The van der Waals surface area contributed by atoms with Gasteiger partial charge in [0.2, 0.25) is 0 Å². The molecule has 2 heterocycles. The van der Waals surface area contributed by atoms with Crippen molar-refractivity contribution >= 4 is 44.1 Å². The zero-order valence-electron chi connectivity index (χ0n) is 18.2. The molecule has 5 rings (SSSR count). The number of fused-ring (bicyclic) bond motifs is 1. The van der Waals surface area contributed by atoms with E-state index in [-0.39, 0.29) is 16.5 Å². The number of halogens is 2. The number of Topliss-reactive ketones (excluding diaryl/α,β-unsaturated/α-hetero) is 1. The van der Waals surface area contributed by atoms with Crippen LogP contribution in [0.1, 0.15) is 28.3 Å². The van der Waals surface area contributed by atoms with Gasteiger partial charge in [0, 0.05) is 5.56 Å². The van der Waals surface area contributed by atoms with Crippen LogP contribution < -0.4 is 4.90 Å². The molecule has 4 aromatic rings. The monoisotopic (exact) mass is 476 g/mol. The van der Waals surface area contributed by atoms with Gasteiger partial charge in [0.05, 0.1) is 21.8 Å². The topological polar surface area (TPSA) is 70.5 Å². The molecule has 34 heavy (non-hydrogen) atoms. The predicted molar refractivity (Wildman–Crippen MR) is 127 cm³/mol. The number of rotatable bonds is 3. The third-order valence-corrected chi connectivity index (χ3v) is 6.84. The summed E-state index contributed by atoms with van der Waals surface area (Å²) in [6.07, 6.45) is 0. The second kappa shape index (κ2) is 8.14. The highest BCUT2D eigenvalue weighted by Gasteiger charge is 2.48. The highest BCUT2D eigenvalue weighted by atomic mass is 32.1. The van der Waals surface area contributed by atoms with Crippen molar-refractivity contribution in [2.24, 2.45) is 0 Å². The van der Waals surface area contributed by atoms with E-state index < -0.39 is 29.4 Å². The molecule has 8 heteroatoms. The van der Waals surface area contributed by atoms with Gasteiger partial charge >= 0.3 is 5.91 Å². The number of hydrogen-bond acceptors (Lipinski definition) is 5. The van der Waals surface area contributed by atoms with Crippen LogP contribution in [-0.2, 0) is 9.59 Å². The maximum atomic E-state index is 13.7. The molecule has 5 nitrogen and oxygen atoms in total. The van der Waals surface area contributed by atoms with Crippen molar-refractivity contribution in [3.8, 4) is 0 Å².